The van der Waals surface area contributed by atoms with Crippen molar-refractivity contribution in [3.8, 4) is 0 Å². The van der Waals surface area contributed by atoms with Crippen molar-refractivity contribution in [1.29, 1.82) is 0 Å². The first kappa shape index (κ1) is 11.7. The number of hydrogen-bond donors (Lipinski definition) is 2. The van der Waals surface area contributed by atoms with Gasteiger partial charge in [0.05, 0.1) is 6.54 Å². The molecule has 1 atom stereocenters. The third kappa shape index (κ3) is 2.68. The number of hydrogen-bond acceptors (Lipinski definition) is 2. The van der Waals surface area contributed by atoms with Crippen molar-refractivity contribution < 1.29 is 8.78 Å². The van der Waals surface area contributed by atoms with Crippen LogP contribution in [0.4, 0.5) is 8.78 Å². The second-order valence-corrected chi connectivity index (χ2v) is 3.77. The first-order valence-corrected chi connectivity index (χ1v) is 5.34. The third-order valence-corrected chi connectivity index (χ3v) is 2.56. The molecule has 0 saturated carbocycles. The summed E-state index contributed by atoms with van der Waals surface area (Å²) in [4.78, 5) is 6.93. The number of aromatic amines is 1. The van der Waals surface area contributed by atoms with Crippen molar-refractivity contribution in [2.24, 2.45) is 0 Å². The van der Waals surface area contributed by atoms with Gasteiger partial charge in [0.25, 0.3) is 0 Å². The predicted octanol–water partition coefficient (Wildman–Crippen LogP) is 2.54. The quantitative estimate of drug-likeness (QED) is 0.857. The fraction of sp³-hybridized carbons (Fsp3) is 0.250. The molecule has 1 aromatic heterocycles. The Morgan fingerprint density at radius 1 is 1.35 bits per heavy atom. The highest BCUT2D eigenvalue weighted by atomic mass is 19.1. The molecular weight excluding hydrogens is 224 g/mol. The summed E-state index contributed by atoms with van der Waals surface area (Å²) in [5.41, 5.74) is 0.0547. The van der Waals surface area contributed by atoms with Crippen LogP contribution in [-0.4, -0.2) is 9.97 Å². The Morgan fingerprint density at radius 3 is 2.65 bits per heavy atom. The van der Waals surface area contributed by atoms with Gasteiger partial charge in [-0.2, -0.15) is 0 Å². The van der Waals surface area contributed by atoms with Gasteiger partial charge in [-0.3, -0.25) is 0 Å². The maximum absolute atomic E-state index is 13.5. The van der Waals surface area contributed by atoms with Gasteiger partial charge >= 0.3 is 0 Å². The molecule has 0 aliphatic rings. The molecule has 0 aliphatic heterocycles. The molecule has 3 nitrogen and oxygen atoms in total. The van der Waals surface area contributed by atoms with Crippen LogP contribution in [-0.2, 0) is 6.54 Å². The summed E-state index contributed by atoms with van der Waals surface area (Å²) in [7, 11) is 0. The average molecular weight is 237 g/mol. The number of nitrogens with one attached hydrogen (secondary N) is 2. The molecule has 0 spiro atoms. The first-order valence-electron chi connectivity index (χ1n) is 5.34. The normalized spacial score (nSPS) is 12.6. The van der Waals surface area contributed by atoms with Gasteiger partial charge in [0.1, 0.15) is 17.5 Å². The van der Waals surface area contributed by atoms with Gasteiger partial charge in [0.15, 0.2) is 0 Å². The van der Waals surface area contributed by atoms with E-state index >= 15 is 0 Å². The molecule has 2 N–H and O–H groups in total. The van der Waals surface area contributed by atoms with Gasteiger partial charge in [-0.25, -0.2) is 13.8 Å². The lowest BCUT2D eigenvalue weighted by Gasteiger charge is -2.14. The number of aromatic nitrogens is 2. The predicted molar refractivity (Wildman–Crippen MR) is 60.2 cm³/mol. The van der Waals surface area contributed by atoms with E-state index < -0.39 is 17.7 Å². The summed E-state index contributed by atoms with van der Waals surface area (Å²) in [6.45, 7) is 2.15. The van der Waals surface area contributed by atoms with E-state index in [0.29, 0.717) is 6.54 Å². The molecular formula is C12H13F2N3. The number of benzene rings is 1. The van der Waals surface area contributed by atoms with Crippen molar-refractivity contribution in [2.75, 3.05) is 0 Å². The fourth-order valence-electron chi connectivity index (χ4n) is 1.67. The molecule has 0 aliphatic carbocycles. The van der Waals surface area contributed by atoms with Crippen LogP contribution in [0, 0.1) is 11.6 Å². The first-order chi connectivity index (χ1) is 8.18. The molecule has 0 bridgehead atoms. The van der Waals surface area contributed by atoms with Crippen molar-refractivity contribution in [3.63, 3.8) is 0 Å². The van der Waals surface area contributed by atoms with Gasteiger partial charge in [0.2, 0.25) is 0 Å². The number of imidazole rings is 1. The van der Waals surface area contributed by atoms with Gasteiger partial charge in [-0.15, -0.1) is 0 Å². The Bertz CT molecular complexity index is 462. The Labute approximate surface area is 97.9 Å². The van der Waals surface area contributed by atoms with E-state index in [-0.39, 0.29) is 5.56 Å². The van der Waals surface area contributed by atoms with Gasteiger partial charge in [-0.05, 0) is 19.1 Å². The molecule has 1 heterocycles. The molecule has 0 radical (unpaired) electrons. The Hall–Kier alpha value is -1.75. The lowest BCUT2D eigenvalue weighted by molar-refractivity contribution is 0.483. The fourth-order valence-corrected chi connectivity index (χ4v) is 1.67. The molecule has 0 amide bonds. The topological polar surface area (TPSA) is 40.7 Å². The Balaban J connectivity index is 2.07. The average Bonchev–Trinajstić information content (AvgIpc) is 2.79. The van der Waals surface area contributed by atoms with E-state index in [4.69, 9.17) is 0 Å². The molecule has 17 heavy (non-hydrogen) atoms. The second kappa shape index (κ2) is 5.05. The summed E-state index contributed by atoms with van der Waals surface area (Å²) in [5.74, 6) is -0.345. The maximum atomic E-state index is 13.5. The summed E-state index contributed by atoms with van der Waals surface area (Å²) in [6.07, 6.45) is 3.33. The molecule has 0 fully saturated rings. The van der Waals surface area contributed by atoms with E-state index in [1.807, 2.05) is 0 Å². The Kier molecular flexibility index (Phi) is 3.49. The lowest BCUT2D eigenvalue weighted by atomic mass is 10.1. The van der Waals surface area contributed by atoms with Crippen LogP contribution in [0.3, 0.4) is 0 Å². The van der Waals surface area contributed by atoms with E-state index in [9.17, 15) is 8.78 Å². The van der Waals surface area contributed by atoms with Crippen LogP contribution in [0.25, 0.3) is 0 Å². The Morgan fingerprint density at radius 2 is 2.06 bits per heavy atom. The van der Waals surface area contributed by atoms with E-state index in [1.165, 1.54) is 18.2 Å². The summed E-state index contributed by atoms with van der Waals surface area (Å²) >= 11 is 0. The summed E-state index contributed by atoms with van der Waals surface area (Å²) in [5, 5.41) is 3.01. The van der Waals surface area contributed by atoms with Crippen LogP contribution < -0.4 is 5.32 Å². The number of H-pyrrole nitrogens is 1. The lowest BCUT2D eigenvalue weighted by Crippen LogP contribution is -2.21. The zero-order valence-corrected chi connectivity index (χ0v) is 9.37. The van der Waals surface area contributed by atoms with Crippen molar-refractivity contribution in [3.05, 3.63) is 53.6 Å². The molecule has 2 rings (SSSR count). The van der Waals surface area contributed by atoms with Gasteiger partial charge in [0, 0.05) is 24.0 Å². The molecule has 5 heteroatoms. The summed E-state index contributed by atoms with van der Waals surface area (Å²) in [6, 6.07) is 3.45. The highest BCUT2D eigenvalue weighted by Gasteiger charge is 2.15. The van der Waals surface area contributed by atoms with Crippen molar-refractivity contribution in [1.82, 2.24) is 15.3 Å². The molecule has 2 aromatic rings. The molecule has 1 unspecified atom stereocenters. The number of nitrogens with zero attached hydrogens (tertiary/aromatic N) is 1. The van der Waals surface area contributed by atoms with Crippen LogP contribution in [0.2, 0.25) is 0 Å². The van der Waals surface area contributed by atoms with Gasteiger partial charge in [-0.1, -0.05) is 6.07 Å². The van der Waals surface area contributed by atoms with Gasteiger partial charge < -0.3 is 10.3 Å². The molecule has 0 saturated heterocycles. The SMILES string of the molecule is CC(NCc1ncc[nH]1)c1c(F)cccc1F. The minimum atomic E-state index is -0.538. The molecule has 1 aromatic carbocycles. The summed E-state index contributed by atoms with van der Waals surface area (Å²) < 4.78 is 26.9. The highest BCUT2D eigenvalue weighted by Crippen LogP contribution is 2.20. The molecule has 90 valence electrons. The van der Waals surface area contributed by atoms with Crippen LogP contribution in [0.15, 0.2) is 30.6 Å². The van der Waals surface area contributed by atoms with E-state index in [2.05, 4.69) is 15.3 Å². The minimum absolute atomic E-state index is 0.0547. The minimum Gasteiger partial charge on any atom is -0.348 e. The zero-order valence-electron chi connectivity index (χ0n) is 9.37. The van der Waals surface area contributed by atoms with Crippen LogP contribution in [0.5, 0.6) is 0 Å². The smallest absolute Gasteiger partial charge is 0.130 e. The van der Waals surface area contributed by atoms with Crippen LogP contribution in [0.1, 0.15) is 24.4 Å². The van der Waals surface area contributed by atoms with E-state index in [1.54, 1.807) is 19.3 Å². The van der Waals surface area contributed by atoms with Crippen LogP contribution >= 0.6 is 0 Å². The van der Waals surface area contributed by atoms with Crippen molar-refractivity contribution in [2.45, 2.75) is 19.5 Å². The highest BCUT2D eigenvalue weighted by molar-refractivity contribution is 5.22. The zero-order chi connectivity index (χ0) is 12.3. The van der Waals surface area contributed by atoms with Crippen molar-refractivity contribution >= 4 is 0 Å². The maximum Gasteiger partial charge on any atom is 0.130 e. The second-order valence-electron chi connectivity index (χ2n) is 3.77. The third-order valence-electron chi connectivity index (χ3n) is 2.56. The number of rotatable bonds is 4. The largest absolute Gasteiger partial charge is 0.348 e. The standard InChI is InChI=1S/C12H13F2N3/c1-8(17-7-11-15-5-6-16-11)12-9(13)3-2-4-10(12)14/h2-6,8,17H,7H2,1H3,(H,15,16). The van der Waals surface area contributed by atoms with E-state index in [0.717, 1.165) is 5.82 Å². The monoisotopic (exact) mass is 237 g/mol. The number of halogens is 2.